The highest BCUT2D eigenvalue weighted by atomic mass is 19.4. The van der Waals surface area contributed by atoms with Crippen LogP contribution in [0.5, 0.6) is 0 Å². The molecule has 1 saturated heterocycles. The van der Waals surface area contributed by atoms with Gasteiger partial charge in [-0.15, -0.1) is 0 Å². The lowest BCUT2D eigenvalue weighted by atomic mass is 9.91. The largest absolute Gasteiger partial charge is 0.444 e. The molecule has 1 aromatic rings. The Labute approximate surface area is 152 Å². The van der Waals surface area contributed by atoms with E-state index in [2.05, 4.69) is 9.97 Å². The maximum absolute atomic E-state index is 12.7. The van der Waals surface area contributed by atoms with E-state index in [9.17, 15) is 18.0 Å². The molecular weight excluding hydrogens is 347 g/mol. The molecule has 1 fully saturated rings. The predicted molar refractivity (Wildman–Crippen MR) is 90.5 cm³/mol. The van der Waals surface area contributed by atoms with E-state index in [0.717, 1.165) is 37.9 Å². The maximum atomic E-state index is 12.7. The average Bonchev–Trinajstić information content (AvgIpc) is 2.53. The number of hydrogen-bond donors (Lipinski definition) is 0. The Bertz CT molecular complexity index is 606. The van der Waals surface area contributed by atoms with Gasteiger partial charge in [0.15, 0.2) is 0 Å². The Hall–Kier alpha value is -1.86. The van der Waals surface area contributed by atoms with Crippen LogP contribution in [-0.2, 0) is 17.3 Å². The molecule has 8 heteroatoms. The van der Waals surface area contributed by atoms with Crippen LogP contribution < -0.4 is 0 Å². The lowest BCUT2D eigenvalue weighted by Gasteiger charge is -2.33. The van der Waals surface area contributed by atoms with Crippen molar-refractivity contribution < 1.29 is 22.7 Å². The number of piperidine rings is 1. The second kappa shape index (κ2) is 8.22. The minimum atomic E-state index is -4.44. The number of aryl methyl sites for hydroxylation is 1. The van der Waals surface area contributed by atoms with Crippen molar-refractivity contribution in [2.45, 2.75) is 64.7 Å². The van der Waals surface area contributed by atoms with E-state index >= 15 is 0 Å². The third-order valence-corrected chi connectivity index (χ3v) is 4.27. The molecule has 5 nitrogen and oxygen atoms in total. The number of ether oxygens (including phenoxy) is 1. The van der Waals surface area contributed by atoms with E-state index in [1.54, 1.807) is 4.90 Å². The van der Waals surface area contributed by atoms with Crippen LogP contribution in [0.3, 0.4) is 0 Å². The molecule has 26 heavy (non-hydrogen) atoms. The number of alkyl halides is 3. The van der Waals surface area contributed by atoms with Crippen molar-refractivity contribution in [2.75, 3.05) is 13.1 Å². The minimum Gasteiger partial charge on any atom is -0.444 e. The van der Waals surface area contributed by atoms with Gasteiger partial charge in [-0.25, -0.2) is 14.8 Å². The van der Waals surface area contributed by atoms with E-state index in [0.29, 0.717) is 25.4 Å². The van der Waals surface area contributed by atoms with Crippen LogP contribution in [0.25, 0.3) is 0 Å². The number of carbonyl (C=O) groups is 1. The molecule has 0 radical (unpaired) electrons. The molecule has 0 aromatic carbocycles. The van der Waals surface area contributed by atoms with Gasteiger partial charge in [0.1, 0.15) is 17.1 Å². The number of amides is 1. The topological polar surface area (TPSA) is 55.3 Å². The van der Waals surface area contributed by atoms with Gasteiger partial charge in [0.05, 0.1) is 0 Å². The molecule has 0 spiro atoms. The molecule has 146 valence electrons. The fourth-order valence-electron chi connectivity index (χ4n) is 2.96. The van der Waals surface area contributed by atoms with Crippen molar-refractivity contribution in [1.82, 2.24) is 14.9 Å². The number of hydrogen-bond acceptors (Lipinski definition) is 4. The van der Waals surface area contributed by atoms with E-state index in [1.165, 1.54) is 0 Å². The lowest BCUT2D eigenvalue weighted by Crippen LogP contribution is -2.41. The van der Waals surface area contributed by atoms with Crippen molar-refractivity contribution in [2.24, 2.45) is 5.92 Å². The standard InChI is InChI=1S/C18H26F3N3O2/c1-17(2,3)26-16(25)24-11-8-13(9-12-24)5-4-6-15-22-10-7-14(23-15)18(19,20)21/h7,10,13H,4-6,8-9,11-12H2,1-3H3. The summed E-state index contributed by atoms with van der Waals surface area (Å²) in [6, 6.07) is 0.885. The second-order valence-corrected chi connectivity index (χ2v) is 7.66. The maximum Gasteiger partial charge on any atom is 0.433 e. The molecule has 1 amide bonds. The van der Waals surface area contributed by atoms with Crippen molar-refractivity contribution in [1.29, 1.82) is 0 Å². The molecule has 0 aliphatic carbocycles. The molecule has 0 N–H and O–H groups in total. The fourth-order valence-corrected chi connectivity index (χ4v) is 2.96. The third kappa shape index (κ3) is 6.46. The highest BCUT2D eigenvalue weighted by molar-refractivity contribution is 5.68. The molecule has 1 aliphatic rings. The Balaban J connectivity index is 1.73. The van der Waals surface area contributed by atoms with E-state index < -0.39 is 17.5 Å². The van der Waals surface area contributed by atoms with Gasteiger partial charge in [0, 0.05) is 25.7 Å². The van der Waals surface area contributed by atoms with Crippen LogP contribution in [0.2, 0.25) is 0 Å². The molecule has 1 aliphatic heterocycles. The number of halogens is 3. The monoisotopic (exact) mass is 373 g/mol. The van der Waals surface area contributed by atoms with Crippen molar-refractivity contribution in [3.8, 4) is 0 Å². The first kappa shape index (κ1) is 20.5. The van der Waals surface area contributed by atoms with Crippen LogP contribution in [0.15, 0.2) is 12.3 Å². The minimum absolute atomic E-state index is 0.228. The number of rotatable bonds is 4. The quantitative estimate of drug-likeness (QED) is 0.782. The van der Waals surface area contributed by atoms with Crippen LogP contribution in [-0.4, -0.2) is 39.7 Å². The Morgan fingerprint density at radius 2 is 1.92 bits per heavy atom. The molecule has 1 aromatic heterocycles. The number of carbonyl (C=O) groups excluding carboxylic acids is 1. The normalized spacial score (nSPS) is 16.6. The van der Waals surface area contributed by atoms with Gasteiger partial charge in [-0.2, -0.15) is 13.2 Å². The first-order valence-electron chi connectivity index (χ1n) is 8.91. The summed E-state index contributed by atoms with van der Waals surface area (Å²) in [7, 11) is 0. The van der Waals surface area contributed by atoms with Gasteiger partial charge < -0.3 is 9.64 Å². The van der Waals surface area contributed by atoms with Gasteiger partial charge in [-0.05, 0) is 58.4 Å². The SMILES string of the molecule is CC(C)(C)OC(=O)N1CCC(CCCc2nccc(C(F)(F)F)n2)CC1. The summed E-state index contributed by atoms with van der Waals surface area (Å²) in [5.74, 6) is 0.686. The van der Waals surface area contributed by atoms with Crippen LogP contribution in [0.1, 0.15) is 58.0 Å². The zero-order valence-corrected chi connectivity index (χ0v) is 15.5. The first-order chi connectivity index (χ1) is 12.0. The number of nitrogens with zero attached hydrogens (tertiary/aromatic N) is 3. The smallest absolute Gasteiger partial charge is 0.433 e. The van der Waals surface area contributed by atoms with Gasteiger partial charge in [0.25, 0.3) is 0 Å². The summed E-state index contributed by atoms with van der Waals surface area (Å²) in [6.07, 6.45) is 0.242. The van der Waals surface area contributed by atoms with Gasteiger partial charge >= 0.3 is 12.3 Å². The van der Waals surface area contributed by atoms with Crippen LogP contribution in [0, 0.1) is 5.92 Å². The van der Waals surface area contributed by atoms with Crippen molar-refractivity contribution in [3.63, 3.8) is 0 Å². The van der Waals surface area contributed by atoms with E-state index in [4.69, 9.17) is 4.74 Å². The summed E-state index contributed by atoms with van der Waals surface area (Å²) in [5.41, 5.74) is -1.40. The third-order valence-electron chi connectivity index (χ3n) is 4.27. The summed E-state index contributed by atoms with van der Waals surface area (Å²) < 4.78 is 43.3. The highest BCUT2D eigenvalue weighted by Crippen LogP contribution is 2.27. The van der Waals surface area contributed by atoms with Gasteiger partial charge in [0.2, 0.25) is 0 Å². The summed E-state index contributed by atoms with van der Waals surface area (Å²) in [4.78, 5) is 21.3. The van der Waals surface area contributed by atoms with E-state index in [1.807, 2.05) is 20.8 Å². The molecule has 0 unspecified atom stereocenters. The van der Waals surface area contributed by atoms with Gasteiger partial charge in [-0.1, -0.05) is 0 Å². The Morgan fingerprint density at radius 1 is 1.27 bits per heavy atom. The Kier molecular flexibility index (Phi) is 6.47. The molecular formula is C18H26F3N3O2. The number of likely N-dealkylation sites (tertiary alicyclic amines) is 1. The zero-order chi connectivity index (χ0) is 19.4. The van der Waals surface area contributed by atoms with Crippen molar-refractivity contribution in [3.05, 3.63) is 23.8 Å². The molecule has 0 saturated carbocycles. The molecule has 2 heterocycles. The highest BCUT2D eigenvalue weighted by Gasteiger charge is 2.32. The van der Waals surface area contributed by atoms with Crippen LogP contribution >= 0.6 is 0 Å². The summed E-state index contributed by atoms with van der Waals surface area (Å²) in [6.45, 7) is 6.83. The second-order valence-electron chi connectivity index (χ2n) is 7.66. The summed E-state index contributed by atoms with van der Waals surface area (Å²) in [5, 5.41) is 0. The first-order valence-corrected chi connectivity index (χ1v) is 8.91. The molecule has 0 bridgehead atoms. The van der Waals surface area contributed by atoms with E-state index in [-0.39, 0.29) is 11.9 Å². The number of aromatic nitrogens is 2. The van der Waals surface area contributed by atoms with Crippen LogP contribution in [0.4, 0.5) is 18.0 Å². The molecule has 0 atom stereocenters. The predicted octanol–water partition coefficient (Wildman–Crippen LogP) is 4.47. The Morgan fingerprint density at radius 3 is 2.50 bits per heavy atom. The van der Waals surface area contributed by atoms with Crippen molar-refractivity contribution >= 4 is 6.09 Å². The average molecular weight is 373 g/mol. The fraction of sp³-hybridized carbons (Fsp3) is 0.722. The lowest BCUT2D eigenvalue weighted by molar-refractivity contribution is -0.141. The zero-order valence-electron chi connectivity index (χ0n) is 15.5. The molecule has 2 rings (SSSR count). The van der Waals surface area contributed by atoms with Gasteiger partial charge in [-0.3, -0.25) is 0 Å². The summed E-state index contributed by atoms with van der Waals surface area (Å²) >= 11 is 0.